The number of carbonyl (C=O) groups excluding carboxylic acids is 2. The fraction of sp³-hybridized carbons (Fsp3) is 0.647. The molecule has 0 bridgehead atoms. The summed E-state index contributed by atoms with van der Waals surface area (Å²) in [5, 5.41) is 2.82. The molecule has 0 radical (unpaired) electrons. The number of furan rings is 1. The van der Waals surface area contributed by atoms with Crippen LogP contribution < -0.4 is 5.32 Å². The molecule has 140 valence electrons. The maximum absolute atomic E-state index is 12.3. The predicted molar refractivity (Wildman–Crippen MR) is 92.9 cm³/mol. The second-order valence-electron chi connectivity index (χ2n) is 6.22. The van der Waals surface area contributed by atoms with Crippen LogP contribution in [0.4, 0.5) is 0 Å². The number of nitrogens with zero attached hydrogens (tertiary/aromatic N) is 3. The Hall–Kier alpha value is -1.90. The number of ether oxygens (including phenoxy) is 1. The van der Waals surface area contributed by atoms with Crippen LogP contribution in [0.5, 0.6) is 0 Å². The number of nitrogens with one attached hydrogen (secondary N) is 1. The Labute approximate surface area is 148 Å². The molecule has 2 heterocycles. The molecule has 0 spiro atoms. The molecule has 1 aromatic heterocycles. The molecule has 25 heavy (non-hydrogen) atoms. The summed E-state index contributed by atoms with van der Waals surface area (Å²) in [6.07, 6.45) is 1.61. The quantitative estimate of drug-likeness (QED) is 0.611. The Morgan fingerprint density at radius 1 is 1.24 bits per heavy atom. The minimum absolute atomic E-state index is 0.0137. The molecule has 0 atom stereocenters. The molecule has 0 unspecified atom stereocenters. The minimum atomic E-state index is 0.0137. The first kappa shape index (κ1) is 19.4. The van der Waals surface area contributed by atoms with Crippen molar-refractivity contribution in [2.45, 2.75) is 6.54 Å². The fourth-order valence-electron chi connectivity index (χ4n) is 2.69. The van der Waals surface area contributed by atoms with E-state index in [2.05, 4.69) is 15.1 Å². The lowest BCUT2D eigenvalue weighted by Gasteiger charge is -2.34. The maximum Gasteiger partial charge on any atom is 0.236 e. The van der Waals surface area contributed by atoms with Gasteiger partial charge in [0.05, 0.1) is 32.5 Å². The van der Waals surface area contributed by atoms with E-state index in [4.69, 9.17) is 9.15 Å². The van der Waals surface area contributed by atoms with E-state index in [1.54, 1.807) is 25.3 Å². The molecule has 0 aliphatic carbocycles. The number of likely N-dealkylation sites (N-methyl/N-ethyl adjacent to an activating group) is 1. The van der Waals surface area contributed by atoms with Gasteiger partial charge >= 0.3 is 0 Å². The summed E-state index contributed by atoms with van der Waals surface area (Å²) in [5.41, 5.74) is 0. The fourth-order valence-corrected chi connectivity index (χ4v) is 2.69. The smallest absolute Gasteiger partial charge is 0.236 e. The summed E-state index contributed by atoms with van der Waals surface area (Å²) in [4.78, 5) is 30.0. The number of methoxy groups -OCH3 is 1. The van der Waals surface area contributed by atoms with Crippen LogP contribution in [0.15, 0.2) is 22.8 Å². The number of carbonyl (C=O) groups is 2. The number of rotatable bonds is 9. The van der Waals surface area contributed by atoms with Gasteiger partial charge in [-0.3, -0.25) is 19.4 Å². The summed E-state index contributed by atoms with van der Waals surface area (Å²) in [6, 6.07) is 3.68. The van der Waals surface area contributed by atoms with E-state index in [9.17, 15) is 9.59 Å². The first-order valence-corrected chi connectivity index (χ1v) is 8.55. The van der Waals surface area contributed by atoms with Crippen LogP contribution in [0.25, 0.3) is 0 Å². The van der Waals surface area contributed by atoms with Gasteiger partial charge in [0.2, 0.25) is 11.8 Å². The average Bonchev–Trinajstić information content (AvgIpc) is 3.10. The topological polar surface area (TPSA) is 78.3 Å². The first-order chi connectivity index (χ1) is 12.1. The third kappa shape index (κ3) is 6.85. The molecule has 2 amide bonds. The lowest BCUT2D eigenvalue weighted by atomic mass is 10.3. The number of hydrogen-bond acceptors (Lipinski definition) is 6. The third-order valence-corrected chi connectivity index (χ3v) is 4.22. The highest BCUT2D eigenvalue weighted by molar-refractivity contribution is 5.78. The Kier molecular flexibility index (Phi) is 7.90. The zero-order valence-corrected chi connectivity index (χ0v) is 15.1. The van der Waals surface area contributed by atoms with Crippen molar-refractivity contribution < 1.29 is 18.7 Å². The van der Waals surface area contributed by atoms with Gasteiger partial charge in [0.25, 0.3) is 0 Å². The monoisotopic (exact) mass is 352 g/mol. The van der Waals surface area contributed by atoms with Crippen LogP contribution >= 0.6 is 0 Å². The average molecular weight is 352 g/mol. The van der Waals surface area contributed by atoms with Crippen LogP contribution in [0, 0.1) is 0 Å². The van der Waals surface area contributed by atoms with Gasteiger partial charge in [0.15, 0.2) is 0 Å². The Balaban J connectivity index is 1.64. The zero-order chi connectivity index (χ0) is 18.1. The largest absolute Gasteiger partial charge is 0.467 e. The van der Waals surface area contributed by atoms with E-state index in [0.29, 0.717) is 32.8 Å². The van der Waals surface area contributed by atoms with Crippen molar-refractivity contribution >= 4 is 11.8 Å². The van der Waals surface area contributed by atoms with Gasteiger partial charge in [0, 0.05) is 46.9 Å². The van der Waals surface area contributed by atoms with Gasteiger partial charge in [0.1, 0.15) is 5.76 Å². The van der Waals surface area contributed by atoms with Gasteiger partial charge in [-0.2, -0.15) is 0 Å². The minimum Gasteiger partial charge on any atom is -0.467 e. The molecule has 8 heteroatoms. The third-order valence-electron chi connectivity index (χ3n) is 4.22. The van der Waals surface area contributed by atoms with Crippen LogP contribution in [-0.4, -0.2) is 93.1 Å². The van der Waals surface area contributed by atoms with E-state index < -0.39 is 0 Å². The first-order valence-electron chi connectivity index (χ1n) is 8.55. The van der Waals surface area contributed by atoms with E-state index in [-0.39, 0.29) is 11.8 Å². The molecule has 1 aliphatic rings. The molecule has 0 saturated carbocycles. The van der Waals surface area contributed by atoms with Crippen LogP contribution in [-0.2, 0) is 20.9 Å². The Bertz CT molecular complexity index is 527. The lowest BCUT2D eigenvalue weighted by molar-refractivity contribution is -0.132. The SMILES string of the molecule is COCCNC(=O)CN1CCN(CC(=O)N(C)Cc2ccco2)CC1. The lowest BCUT2D eigenvalue weighted by Crippen LogP contribution is -2.51. The van der Waals surface area contributed by atoms with E-state index in [1.807, 2.05) is 12.1 Å². The summed E-state index contributed by atoms with van der Waals surface area (Å²) in [6.45, 7) is 5.46. The second kappa shape index (κ2) is 10.2. The molecular weight excluding hydrogens is 324 g/mol. The highest BCUT2D eigenvalue weighted by atomic mass is 16.5. The van der Waals surface area contributed by atoms with Crippen LogP contribution in [0.3, 0.4) is 0 Å². The molecule has 0 aromatic carbocycles. The van der Waals surface area contributed by atoms with Gasteiger partial charge in [-0.25, -0.2) is 0 Å². The summed E-state index contributed by atoms with van der Waals surface area (Å²) in [7, 11) is 3.39. The molecular formula is C17H28N4O4. The Morgan fingerprint density at radius 2 is 1.92 bits per heavy atom. The van der Waals surface area contributed by atoms with Crippen molar-refractivity contribution in [2.24, 2.45) is 0 Å². The van der Waals surface area contributed by atoms with Gasteiger partial charge in [-0.05, 0) is 12.1 Å². The standard InChI is InChI=1S/C17H28N4O4/c1-19(12-15-4-3-10-25-15)17(23)14-21-8-6-20(7-9-21)13-16(22)18-5-11-24-2/h3-4,10H,5-9,11-14H2,1-2H3,(H,18,22). The summed E-state index contributed by atoms with van der Waals surface area (Å²) in [5.74, 6) is 0.863. The van der Waals surface area contributed by atoms with Gasteiger partial charge in [-0.1, -0.05) is 0 Å². The van der Waals surface area contributed by atoms with Crippen molar-refractivity contribution in [2.75, 3.05) is 66.6 Å². The van der Waals surface area contributed by atoms with E-state index >= 15 is 0 Å². The molecule has 1 fully saturated rings. The zero-order valence-electron chi connectivity index (χ0n) is 15.1. The predicted octanol–water partition coefficient (Wildman–Crippen LogP) is -0.382. The number of hydrogen-bond donors (Lipinski definition) is 1. The van der Waals surface area contributed by atoms with E-state index in [1.165, 1.54) is 0 Å². The molecule has 1 aliphatic heterocycles. The Morgan fingerprint density at radius 3 is 2.52 bits per heavy atom. The molecule has 2 rings (SSSR count). The highest BCUT2D eigenvalue weighted by Gasteiger charge is 2.22. The van der Waals surface area contributed by atoms with E-state index in [0.717, 1.165) is 31.9 Å². The molecule has 1 saturated heterocycles. The normalized spacial score (nSPS) is 15.9. The van der Waals surface area contributed by atoms with Crippen molar-refractivity contribution in [3.63, 3.8) is 0 Å². The molecule has 1 N–H and O–H groups in total. The second-order valence-corrected chi connectivity index (χ2v) is 6.22. The van der Waals surface area contributed by atoms with Crippen molar-refractivity contribution in [3.8, 4) is 0 Å². The summed E-state index contributed by atoms with van der Waals surface area (Å²) < 4.78 is 10.2. The van der Waals surface area contributed by atoms with Gasteiger partial charge < -0.3 is 19.4 Å². The van der Waals surface area contributed by atoms with Gasteiger partial charge in [-0.15, -0.1) is 0 Å². The summed E-state index contributed by atoms with van der Waals surface area (Å²) >= 11 is 0. The molecule has 8 nitrogen and oxygen atoms in total. The number of piperazine rings is 1. The molecule has 1 aromatic rings. The highest BCUT2D eigenvalue weighted by Crippen LogP contribution is 2.06. The van der Waals surface area contributed by atoms with Crippen molar-refractivity contribution in [3.05, 3.63) is 24.2 Å². The van der Waals surface area contributed by atoms with Crippen molar-refractivity contribution in [1.29, 1.82) is 0 Å². The van der Waals surface area contributed by atoms with Crippen LogP contribution in [0.1, 0.15) is 5.76 Å². The van der Waals surface area contributed by atoms with Crippen molar-refractivity contribution in [1.82, 2.24) is 20.0 Å². The maximum atomic E-state index is 12.3. The number of amides is 2. The van der Waals surface area contributed by atoms with Crippen LogP contribution in [0.2, 0.25) is 0 Å².